The number of nitrogens with zero attached hydrogens (tertiary/aromatic N) is 1. The van der Waals surface area contributed by atoms with Crippen molar-refractivity contribution in [1.82, 2.24) is 4.98 Å². The number of nitrogens with two attached hydrogens (primary N) is 1. The lowest BCUT2D eigenvalue weighted by Gasteiger charge is -2.16. The van der Waals surface area contributed by atoms with Crippen LogP contribution in [0.1, 0.15) is 20.3 Å². The first-order valence-corrected chi connectivity index (χ1v) is 7.66. The molecule has 1 aromatic heterocycles. The monoisotopic (exact) mass is 308 g/mol. The molecule has 0 amide bonds. The van der Waals surface area contributed by atoms with Crippen LogP contribution in [0.4, 0.5) is 11.6 Å². The summed E-state index contributed by atoms with van der Waals surface area (Å²) in [5.41, 5.74) is 2.44. The first-order chi connectivity index (χ1) is 8.58. The molecular formula is C11H18Cl2N4S. The van der Waals surface area contributed by atoms with Crippen molar-refractivity contribution in [2.24, 2.45) is 5.84 Å². The van der Waals surface area contributed by atoms with Gasteiger partial charge >= 0.3 is 0 Å². The van der Waals surface area contributed by atoms with Gasteiger partial charge in [0.1, 0.15) is 5.82 Å². The van der Waals surface area contributed by atoms with Crippen LogP contribution in [0.3, 0.4) is 0 Å². The lowest BCUT2D eigenvalue weighted by molar-refractivity contribution is 0.767. The number of nitrogen functional groups attached to an aromatic ring is 1. The summed E-state index contributed by atoms with van der Waals surface area (Å²) in [5.74, 6) is 8.58. The van der Waals surface area contributed by atoms with E-state index in [0.717, 1.165) is 17.9 Å². The third-order valence-electron chi connectivity index (χ3n) is 2.35. The molecule has 0 saturated carbocycles. The maximum absolute atomic E-state index is 6.08. The Balaban J connectivity index is 2.65. The quantitative estimate of drug-likeness (QED) is 0.408. The molecule has 0 aliphatic heterocycles. The predicted octanol–water partition coefficient (Wildman–Crippen LogP) is 3.62. The van der Waals surface area contributed by atoms with Crippen molar-refractivity contribution >= 4 is 46.6 Å². The second-order valence-electron chi connectivity index (χ2n) is 3.82. The molecule has 4 nitrogen and oxygen atoms in total. The number of hydrogen-bond acceptors (Lipinski definition) is 5. The van der Waals surface area contributed by atoms with Gasteiger partial charge in [-0.1, -0.05) is 30.1 Å². The van der Waals surface area contributed by atoms with Crippen molar-refractivity contribution in [3.05, 3.63) is 16.1 Å². The Kier molecular flexibility index (Phi) is 6.92. The van der Waals surface area contributed by atoms with Crippen LogP contribution in [0.2, 0.25) is 10.0 Å². The Bertz CT molecular complexity index is 390. The number of nitrogens with one attached hydrogen (secondary N) is 2. The number of hydrogen-bond donors (Lipinski definition) is 3. The van der Waals surface area contributed by atoms with Crippen molar-refractivity contribution in [3.63, 3.8) is 0 Å². The molecule has 102 valence electrons. The molecule has 1 atom stereocenters. The number of anilines is 2. The Morgan fingerprint density at radius 1 is 1.39 bits per heavy atom. The second kappa shape index (κ2) is 7.94. The van der Waals surface area contributed by atoms with Crippen LogP contribution in [-0.4, -0.2) is 22.5 Å². The summed E-state index contributed by atoms with van der Waals surface area (Å²) in [6.45, 7) is 4.25. The molecule has 1 rings (SSSR count). The van der Waals surface area contributed by atoms with Gasteiger partial charge in [-0.15, -0.1) is 0 Å². The van der Waals surface area contributed by atoms with Gasteiger partial charge in [0.2, 0.25) is 0 Å². The van der Waals surface area contributed by atoms with Gasteiger partial charge in [-0.2, -0.15) is 11.8 Å². The van der Waals surface area contributed by atoms with Crippen LogP contribution < -0.4 is 16.6 Å². The van der Waals surface area contributed by atoms with Crippen molar-refractivity contribution < 1.29 is 0 Å². The average Bonchev–Trinajstić information content (AvgIpc) is 2.33. The van der Waals surface area contributed by atoms with Crippen molar-refractivity contribution in [2.75, 3.05) is 22.2 Å². The Morgan fingerprint density at radius 3 is 2.67 bits per heavy atom. The zero-order chi connectivity index (χ0) is 13.5. The number of hydrazine groups is 1. The molecule has 7 heteroatoms. The SMILES string of the molecule is CCSCCC(C)Nc1nc(NN)c(Cl)cc1Cl. The standard InChI is InChI=1S/C11H18Cl2N4S/c1-3-18-5-4-7(2)15-10-8(12)6-9(13)11(16-10)17-14/h6-7H,3-5,14H2,1-2H3,(H2,15,16,17). The van der Waals surface area contributed by atoms with E-state index in [1.807, 2.05) is 11.8 Å². The molecule has 1 heterocycles. The van der Waals surface area contributed by atoms with Crippen LogP contribution in [0, 0.1) is 0 Å². The van der Waals surface area contributed by atoms with Crippen molar-refractivity contribution in [3.8, 4) is 0 Å². The summed E-state index contributed by atoms with van der Waals surface area (Å²) in [5, 5.41) is 4.16. The van der Waals surface area contributed by atoms with E-state index in [9.17, 15) is 0 Å². The van der Waals surface area contributed by atoms with E-state index in [4.69, 9.17) is 29.0 Å². The number of aromatic nitrogens is 1. The second-order valence-corrected chi connectivity index (χ2v) is 6.03. The minimum atomic E-state index is 0.292. The summed E-state index contributed by atoms with van der Waals surface area (Å²) in [4.78, 5) is 4.24. The molecule has 1 unspecified atom stereocenters. The highest BCUT2D eigenvalue weighted by Gasteiger charge is 2.10. The van der Waals surface area contributed by atoms with E-state index < -0.39 is 0 Å². The topological polar surface area (TPSA) is 63.0 Å². The van der Waals surface area contributed by atoms with Crippen LogP contribution in [0.25, 0.3) is 0 Å². The normalized spacial score (nSPS) is 12.3. The number of thioether (sulfide) groups is 1. The smallest absolute Gasteiger partial charge is 0.161 e. The molecule has 0 fully saturated rings. The fourth-order valence-corrected chi connectivity index (χ4v) is 2.66. The molecule has 0 spiro atoms. The molecular weight excluding hydrogens is 291 g/mol. The van der Waals surface area contributed by atoms with Crippen LogP contribution in [0.15, 0.2) is 6.07 Å². The summed E-state index contributed by atoms with van der Waals surface area (Å²) >= 11 is 13.9. The van der Waals surface area contributed by atoms with E-state index in [0.29, 0.717) is 27.7 Å². The first-order valence-electron chi connectivity index (χ1n) is 5.75. The first kappa shape index (κ1) is 15.7. The van der Waals surface area contributed by atoms with E-state index >= 15 is 0 Å². The number of halogens is 2. The van der Waals surface area contributed by atoms with E-state index in [1.165, 1.54) is 0 Å². The molecule has 1 aromatic rings. The van der Waals surface area contributed by atoms with Gasteiger partial charge in [-0.05, 0) is 30.9 Å². The van der Waals surface area contributed by atoms with Gasteiger partial charge in [-0.25, -0.2) is 10.8 Å². The lowest BCUT2D eigenvalue weighted by Crippen LogP contribution is -2.18. The van der Waals surface area contributed by atoms with Gasteiger partial charge < -0.3 is 10.7 Å². The third kappa shape index (κ3) is 4.72. The Morgan fingerprint density at radius 2 is 2.06 bits per heavy atom. The highest BCUT2D eigenvalue weighted by molar-refractivity contribution is 7.99. The molecule has 0 aliphatic rings. The molecule has 0 saturated heterocycles. The minimum absolute atomic E-state index is 0.292. The summed E-state index contributed by atoms with van der Waals surface area (Å²) in [7, 11) is 0. The maximum Gasteiger partial charge on any atom is 0.161 e. The Labute approximate surface area is 122 Å². The van der Waals surface area contributed by atoms with Gasteiger partial charge in [0, 0.05) is 6.04 Å². The highest BCUT2D eigenvalue weighted by Crippen LogP contribution is 2.29. The van der Waals surface area contributed by atoms with Crippen molar-refractivity contribution in [2.45, 2.75) is 26.3 Å². The molecule has 4 N–H and O–H groups in total. The molecule has 0 aliphatic carbocycles. The van der Waals surface area contributed by atoms with Gasteiger partial charge in [0.15, 0.2) is 5.82 Å². The number of pyridine rings is 1. The third-order valence-corrected chi connectivity index (χ3v) is 3.86. The lowest BCUT2D eigenvalue weighted by atomic mass is 10.2. The predicted molar refractivity (Wildman–Crippen MR) is 82.8 cm³/mol. The average molecular weight is 309 g/mol. The highest BCUT2D eigenvalue weighted by atomic mass is 35.5. The molecule has 0 bridgehead atoms. The zero-order valence-electron chi connectivity index (χ0n) is 10.5. The van der Waals surface area contributed by atoms with Gasteiger partial charge in [0.25, 0.3) is 0 Å². The van der Waals surface area contributed by atoms with Crippen LogP contribution in [-0.2, 0) is 0 Å². The summed E-state index contributed by atoms with van der Waals surface area (Å²) in [6.07, 6.45) is 1.05. The zero-order valence-corrected chi connectivity index (χ0v) is 12.8. The minimum Gasteiger partial charge on any atom is -0.366 e. The van der Waals surface area contributed by atoms with Gasteiger partial charge in [0.05, 0.1) is 10.0 Å². The summed E-state index contributed by atoms with van der Waals surface area (Å²) < 4.78 is 0. The fourth-order valence-electron chi connectivity index (χ4n) is 1.38. The van der Waals surface area contributed by atoms with E-state index in [1.54, 1.807) is 6.07 Å². The summed E-state index contributed by atoms with van der Waals surface area (Å²) in [6, 6.07) is 1.92. The molecule has 0 aromatic carbocycles. The maximum atomic E-state index is 6.08. The Hall–Kier alpha value is -0.360. The van der Waals surface area contributed by atoms with Crippen molar-refractivity contribution in [1.29, 1.82) is 0 Å². The van der Waals surface area contributed by atoms with Crippen LogP contribution >= 0.6 is 35.0 Å². The van der Waals surface area contributed by atoms with Gasteiger partial charge in [-0.3, -0.25) is 0 Å². The van der Waals surface area contributed by atoms with E-state index in [2.05, 4.69) is 29.6 Å². The van der Waals surface area contributed by atoms with E-state index in [-0.39, 0.29) is 0 Å². The molecule has 0 radical (unpaired) electrons. The molecule has 18 heavy (non-hydrogen) atoms. The fraction of sp³-hybridized carbons (Fsp3) is 0.545. The largest absolute Gasteiger partial charge is 0.366 e. The van der Waals surface area contributed by atoms with Crippen LogP contribution in [0.5, 0.6) is 0 Å². The number of rotatable bonds is 7.